The lowest BCUT2D eigenvalue weighted by molar-refractivity contribution is -0.148. The molecule has 1 aliphatic carbocycles. The predicted molar refractivity (Wildman–Crippen MR) is 107 cm³/mol. The summed E-state index contributed by atoms with van der Waals surface area (Å²) in [6.45, 7) is 10.3. The molecule has 0 amide bonds. The first kappa shape index (κ1) is 21.0. The highest BCUT2D eigenvalue weighted by molar-refractivity contribution is 14.1. The fourth-order valence-corrected chi connectivity index (χ4v) is 5.10. The molecule has 1 N–H and O–H groups in total. The number of allylic oxidation sites excluding steroid dienone is 1. The van der Waals surface area contributed by atoms with Gasteiger partial charge in [0.2, 0.25) is 0 Å². The van der Waals surface area contributed by atoms with Crippen LogP contribution < -0.4 is 0 Å². The lowest BCUT2D eigenvalue weighted by Gasteiger charge is -2.40. The van der Waals surface area contributed by atoms with Crippen LogP contribution in [0.25, 0.3) is 0 Å². The Morgan fingerprint density at radius 3 is 2.57 bits per heavy atom. The maximum atomic E-state index is 11.4. The average molecular weight is 434 g/mol. The summed E-state index contributed by atoms with van der Waals surface area (Å²) in [6.07, 6.45) is 11.1. The van der Waals surface area contributed by atoms with E-state index in [9.17, 15) is 9.90 Å². The van der Waals surface area contributed by atoms with E-state index in [1.54, 1.807) is 0 Å². The number of carboxylic acids is 1. The van der Waals surface area contributed by atoms with Crippen molar-refractivity contribution in [3.05, 3.63) is 12.7 Å². The summed E-state index contributed by atoms with van der Waals surface area (Å²) in [5.41, 5.74) is -0.541. The van der Waals surface area contributed by atoms with Gasteiger partial charge >= 0.3 is 5.97 Å². The largest absolute Gasteiger partial charge is 0.481 e. The molecule has 1 aliphatic rings. The Labute approximate surface area is 156 Å². The second-order valence-electron chi connectivity index (χ2n) is 7.84. The Morgan fingerprint density at radius 2 is 2.04 bits per heavy atom. The topological polar surface area (TPSA) is 37.3 Å². The molecule has 0 heterocycles. The van der Waals surface area contributed by atoms with Gasteiger partial charge in [0, 0.05) is 0 Å². The Bertz CT molecular complexity index is 382. The SMILES string of the molecule is C=CC1C[C@@H](C)CC(CCI)C1CCCC[C@](C)(CC)C(=O)O. The molecular weight excluding hydrogens is 399 g/mol. The third-order valence-electron chi connectivity index (χ3n) is 6.13. The first-order chi connectivity index (χ1) is 10.9. The minimum absolute atomic E-state index is 0.541. The molecule has 1 fully saturated rings. The monoisotopic (exact) mass is 434 g/mol. The van der Waals surface area contributed by atoms with Gasteiger partial charge in [-0.1, -0.05) is 55.4 Å². The third-order valence-corrected chi connectivity index (χ3v) is 6.75. The molecule has 5 atom stereocenters. The van der Waals surface area contributed by atoms with Crippen molar-refractivity contribution in [2.45, 2.75) is 72.1 Å². The first-order valence-corrected chi connectivity index (χ1v) is 10.8. The number of alkyl halides is 1. The van der Waals surface area contributed by atoms with Crippen molar-refractivity contribution >= 4 is 28.6 Å². The van der Waals surface area contributed by atoms with Gasteiger partial charge in [0.25, 0.3) is 0 Å². The van der Waals surface area contributed by atoms with Crippen LogP contribution in [-0.2, 0) is 4.79 Å². The van der Waals surface area contributed by atoms with Gasteiger partial charge in [-0.15, -0.1) is 6.58 Å². The standard InChI is InChI=1S/C20H35IO2/c1-5-16-13-15(3)14-17(10-12-21)18(16)9-7-8-11-20(4,6-2)19(22)23/h5,15-18H,1,6-14H2,2-4H3,(H,22,23)/t15-,16?,17?,18?,20+/m1/s1. The quantitative estimate of drug-likeness (QED) is 0.189. The summed E-state index contributed by atoms with van der Waals surface area (Å²) in [7, 11) is 0. The molecule has 1 saturated carbocycles. The molecule has 3 heteroatoms. The third kappa shape index (κ3) is 6.06. The van der Waals surface area contributed by atoms with Gasteiger partial charge in [0.15, 0.2) is 0 Å². The zero-order chi connectivity index (χ0) is 17.5. The van der Waals surface area contributed by atoms with Crippen molar-refractivity contribution in [2.75, 3.05) is 4.43 Å². The van der Waals surface area contributed by atoms with Crippen LogP contribution in [0.5, 0.6) is 0 Å². The van der Waals surface area contributed by atoms with Gasteiger partial charge in [-0.05, 0) is 73.5 Å². The van der Waals surface area contributed by atoms with Crippen molar-refractivity contribution in [3.63, 3.8) is 0 Å². The molecule has 3 unspecified atom stereocenters. The van der Waals surface area contributed by atoms with Crippen molar-refractivity contribution in [1.82, 2.24) is 0 Å². The van der Waals surface area contributed by atoms with Crippen molar-refractivity contribution in [1.29, 1.82) is 0 Å². The molecule has 0 spiro atoms. The van der Waals surface area contributed by atoms with Crippen LogP contribution in [0, 0.1) is 29.1 Å². The molecule has 0 aromatic heterocycles. The van der Waals surface area contributed by atoms with Crippen molar-refractivity contribution < 1.29 is 9.90 Å². The van der Waals surface area contributed by atoms with Gasteiger partial charge in [-0.3, -0.25) is 4.79 Å². The maximum Gasteiger partial charge on any atom is 0.309 e. The van der Waals surface area contributed by atoms with E-state index in [2.05, 4.69) is 42.2 Å². The molecule has 0 saturated heterocycles. The molecule has 0 aromatic rings. The smallest absolute Gasteiger partial charge is 0.309 e. The summed E-state index contributed by atoms with van der Waals surface area (Å²) in [5.74, 6) is 2.42. The highest BCUT2D eigenvalue weighted by atomic mass is 127. The average Bonchev–Trinajstić information content (AvgIpc) is 2.52. The fourth-order valence-electron chi connectivity index (χ4n) is 4.30. The maximum absolute atomic E-state index is 11.4. The molecular formula is C20H35IO2. The zero-order valence-electron chi connectivity index (χ0n) is 15.2. The van der Waals surface area contributed by atoms with Crippen LogP contribution in [0.1, 0.15) is 72.1 Å². The minimum atomic E-state index is -0.641. The van der Waals surface area contributed by atoms with E-state index in [1.807, 2.05) is 13.8 Å². The van der Waals surface area contributed by atoms with Crippen LogP contribution in [0.4, 0.5) is 0 Å². The highest BCUT2D eigenvalue weighted by Gasteiger charge is 2.34. The summed E-state index contributed by atoms with van der Waals surface area (Å²) in [5, 5.41) is 9.39. The summed E-state index contributed by atoms with van der Waals surface area (Å²) < 4.78 is 1.24. The van der Waals surface area contributed by atoms with Crippen molar-refractivity contribution in [3.8, 4) is 0 Å². The second-order valence-corrected chi connectivity index (χ2v) is 8.92. The normalized spacial score (nSPS) is 30.6. The van der Waals surface area contributed by atoms with E-state index >= 15 is 0 Å². The number of rotatable bonds is 10. The van der Waals surface area contributed by atoms with Gasteiger partial charge < -0.3 is 5.11 Å². The molecule has 0 aliphatic heterocycles. The van der Waals surface area contributed by atoms with E-state index in [1.165, 1.54) is 30.1 Å². The molecule has 2 nitrogen and oxygen atoms in total. The van der Waals surface area contributed by atoms with Crippen LogP contribution in [0.2, 0.25) is 0 Å². The van der Waals surface area contributed by atoms with Crippen LogP contribution >= 0.6 is 22.6 Å². The lowest BCUT2D eigenvalue weighted by Crippen LogP contribution is -2.31. The van der Waals surface area contributed by atoms with E-state index in [4.69, 9.17) is 0 Å². The van der Waals surface area contributed by atoms with E-state index in [0.29, 0.717) is 5.92 Å². The Morgan fingerprint density at radius 1 is 1.35 bits per heavy atom. The van der Waals surface area contributed by atoms with E-state index in [0.717, 1.165) is 43.4 Å². The Hall–Kier alpha value is -0.0600. The first-order valence-electron chi connectivity index (χ1n) is 9.29. The number of hydrogen-bond donors (Lipinski definition) is 1. The lowest BCUT2D eigenvalue weighted by atomic mass is 9.65. The van der Waals surface area contributed by atoms with Gasteiger partial charge in [-0.25, -0.2) is 0 Å². The van der Waals surface area contributed by atoms with Crippen LogP contribution in [0.3, 0.4) is 0 Å². The molecule has 0 bridgehead atoms. The van der Waals surface area contributed by atoms with E-state index in [-0.39, 0.29) is 0 Å². The summed E-state index contributed by atoms with van der Waals surface area (Å²) >= 11 is 2.50. The fraction of sp³-hybridized carbons (Fsp3) is 0.850. The van der Waals surface area contributed by atoms with Gasteiger partial charge in [0.1, 0.15) is 0 Å². The minimum Gasteiger partial charge on any atom is -0.481 e. The van der Waals surface area contributed by atoms with E-state index < -0.39 is 11.4 Å². The van der Waals surface area contributed by atoms with Crippen molar-refractivity contribution in [2.24, 2.45) is 29.1 Å². The second kappa shape index (κ2) is 10.0. The molecule has 1 rings (SSSR count). The molecule has 0 aromatic carbocycles. The number of aliphatic carboxylic acids is 1. The molecule has 134 valence electrons. The summed E-state index contributed by atoms with van der Waals surface area (Å²) in [6, 6.07) is 0. The van der Waals surface area contributed by atoms with Gasteiger partial charge in [0.05, 0.1) is 5.41 Å². The van der Waals surface area contributed by atoms with Crippen LogP contribution in [-0.4, -0.2) is 15.5 Å². The number of hydrogen-bond acceptors (Lipinski definition) is 1. The number of carboxylic acid groups (broad SMARTS) is 1. The molecule has 23 heavy (non-hydrogen) atoms. The highest BCUT2D eigenvalue weighted by Crippen LogP contribution is 2.43. The number of carbonyl (C=O) groups is 1. The number of halogens is 1. The van der Waals surface area contributed by atoms with Crippen LogP contribution in [0.15, 0.2) is 12.7 Å². The molecule has 0 radical (unpaired) electrons. The van der Waals surface area contributed by atoms with Gasteiger partial charge in [-0.2, -0.15) is 0 Å². The zero-order valence-corrected chi connectivity index (χ0v) is 17.3. The Balaban J connectivity index is 2.55. The summed E-state index contributed by atoms with van der Waals surface area (Å²) in [4.78, 5) is 11.4. The predicted octanol–water partition coefficient (Wildman–Crippen LogP) is 6.34. The number of unbranched alkanes of at least 4 members (excludes halogenated alkanes) is 1. The Kier molecular flexibility index (Phi) is 9.17.